The van der Waals surface area contributed by atoms with Gasteiger partial charge in [0.15, 0.2) is 5.65 Å². The molecule has 4 rings (SSSR count). The predicted molar refractivity (Wildman–Crippen MR) is 114 cm³/mol. The van der Waals surface area contributed by atoms with Crippen molar-refractivity contribution in [2.24, 2.45) is 12.8 Å². The van der Waals surface area contributed by atoms with E-state index in [1.165, 1.54) is 24.3 Å². The maximum Gasteiger partial charge on any atom is 0.294 e. The molecule has 2 heterocycles. The van der Waals surface area contributed by atoms with Gasteiger partial charge in [0.25, 0.3) is 10.1 Å². The van der Waals surface area contributed by atoms with Gasteiger partial charge in [-0.3, -0.25) is 4.55 Å². The van der Waals surface area contributed by atoms with Gasteiger partial charge in [0.1, 0.15) is 5.69 Å². The van der Waals surface area contributed by atoms with Gasteiger partial charge < -0.3 is 5.73 Å². The van der Waals surface area contributed by atoms with Gasteiger partial charge in [0, 0.05) is 12.6 Å². The summed E-state index contributed by atoms with van der Waals surface area (Å²) in [5.41, 5.74) is 9.16. The quantitative estimate of drug-likeness (QED) is 0.349. The molecule has 2 aromatic heterocycles. The molecule has 1 unspecified atom stereocenters. The Morgan fingerprint density at radius 1 is 1.07 bits per heavy atom. The lowest BCUT2D eigenvalue weighted by molar-refractivity contribution is 0.483. The van der Waals surface area contributed by atoms with Crippen molar-refractivity contribution < 1.29 is 13.0 Å². The lowest BCUT2D eigenvalue weighted by atomic mass is 9.99. The Morgan fingerprint density at radius 3 is 2.37 bits per heavy atom. The van der Waals surface area contributed by atoms with E-state index < -0.39 is 16.2 Å². The number of benzene rings is 2. The normalized spacial score (nSPS) is 13.0. The highest BCUT2D eigenvalue weighted by Gasteiger charge is 2.24. The van der Waals surface area contributed by atoms with Crippen molar-refractivity contribution in [3.63, 3.8) is 0 Å². The molecule has 0 saturated carbocycles. The number of nitrogens with two attached hydrogens (primary N) is 1. The lowest BCUT2D eigenvalue weighted by Gasteiger charge is -2.14. The Balaban J connectivity index is 1.93. The second-order valence-electron chi connectivity index (χ2n) is 6.55. The van der Waals surface area contributed by atoms with Crippen LogP contribution in [0.5, 0.6) is 0 Å². The molecule has 0 amide bonds. The summed E-state index contributed by atoms with van der Waals surface area (Å²) in [4.78, 5) is 8.39. The summed E-state index contributed by atoms with van der Waals surface area (Å²) in [6.45, 7) is 0. The molecule has 0 fully saturated rings. The van der Waals surface area contributed by atoms with E-state index in [-0.39, 0.29) is 10.2 Å². The highest BCUT2D eigenvalue weighted by atomic mass is 35.5. The monoisotopic (exact) mass is 463 g/mol. The molecular formula is C19H15Cl2N5O3S. The summed E-state index contributed by atoms with van der Waals surface area (Å²) in [5.74, 6) is 0. The minimum absolute atomic E-state index is 0.00350. The summed E-state index contributed by atoms with van der Waals surface area (Å²) in [5, 5.41) is 5.63. The van der Waals surface area contributed by atoms with Crippen molar-refractivity contribution in [2.45, 2.75) is 10.9 Å². The van der Waals surface area contributed by atoms with Crippen LogP contribution in [0.25, 0.3) is 22.3 Å². The summed E-state index contributed by atoms with van der Waals surface area (Å²) in [6, 6.07) is 12.0. The lowest BCUT2D eigenvalue weighted by Crippen LogP contribution is -2.15. The van der Waals surface area contributed by atoms with E-state index in [9.17, 15) is 13.0 Å². The van der Waals surface area contributed by atoms with E-state index in [4.69, 9.17) is 28.9 Å². The molecule has 0 bridgehead atoms. The third kappa shape index (κ3) is 3.66. The van der Waals surface area contributed by atoms with Gasteiger partial charge in [0.05, 0.1) is 27.0 Å². The molecule has 154 valence electrons. The van der Waals surface area contributed by atoms with Crippen molar-refractivity contribution in [3.8, 4) is 11.3 Å². The number of rotatable bonds is 4. The summed E-state index contributed by atoms with van der Waals surface area (Å²) < 4.78 is 33.4. The van der Waals surface area contributed by atoms with E-state index in [1.54, 1.807) is 17.8 Å². The van der Waals surface area contributed by atoms with Crippen LogP contribution >= 0.6 is 23.2 Å². The zero-order valence-electron chi connectivity index (χ0n) is 15.5. The summed E-state index contributed by atoms with van der Waals surface area (Å²) in [6.07, 6.45) is 0. The Labute approximate surface area is 182 Å². The van der Waals surface area contributed by atoms with Crippen LogP contribution in [0.1, 0.15) is 17.3 Å². The first-order valence-corrected chi connectivity index (χ1v) is 10.8. The average Bonchev–Trinajstić information content (AvgIpc) is 3.03. The van der Waals surface area contributed by atoms with E-state index in [0.717, 1.165) is 0 Å². The molecule has 0 saturated heterocycles. The molecule has 2 aromatic carbocycles. The minimum atomic E-state index is -4.31. The highest BCUT2D eigenvalue weighted by Crippen LogP contribution is 2.36. The Kier molecular flexibility index (Phi) is 5.25. The number of halogens is 2. The van der Waals surface area contributed by atoms with E-state index in [1.807, 2.05) is 18.2 Å². The van der Waals surface area contributed by atoms with Crippen LogP contribution in [-0.4, -0.2) is 32.7 Å². The van der Waals surface area contributed by atoms with Crippen LogP contribution in [0, 0.1) is 0 Å². The maximum absolute atomic E-state index is 11.3. The first-order valence-electron chi connectivity index (χ1n) is 8.65. The van der Waals surface area contributed by atoms with Gasteiger partial charge in [0.2, 0.25) is 5.28 Å². The molecule has 3 N–H and O–H groups in total. The standard InChI is InChI=1S/C19H15Cl2N5O3S/c1-26-18-14(16(25-26)12-4-2-3-5-13(12)20)17(23-19(21)24-18)15(22)10-6-8-11(9-7-10)30(27,28)29/h2-9,15H,22H2,1H3,(H,27,28,29). The molecule has 0 spiro atoms. The molecule has 0 aliphatic carbocycles. The number of fused-ring (bicyclic) bond motifs is 1. The molecule has 0 aliphatic heterocycles. The van der Waals surface area contributed by atoms with Gasteiger partial charge in [-0.25, -0.2) is 9.67 Å². The predicted octanol–water partition coefficient (Wildman–Crippen LogP) is 3.63. The first kappa shape index (κ1) is 20.7. The van der Waals surface area contributed by atoms with Crippen LogP contribution in [0.15, 0.2) is 53.4 Å². The third-order valence-electron chi connectivity index (χ3n) is 4.64. The van der Waals surface area contributed by atoms with Gasteiger partial charge in [-0.05, 0) is 35.4 Å². The van der Waals surface area contributed by atoms with Crippen molar-refractivity contribution in [2.75, 3.05) is 0 Å². The smallest absolute Gasteiger partial charge is 0.294 e. The highest BCUT2D eigenvalue weighted by molar-refractivity contribution is 7.85. The van der Waals surface area contributed by atoms with Gasteiger partial charge in [-0.2, -0.15) is 18.5 Å². The molecule has 8 nitrogen and oxygen atoms in total. The Hall–Kier alpha value is -2.56. The maximum atomic E-state index is 11.3. The summed E-state index contributed by atoms with van der Waals surface area (Å²) in [7, 11) is -2.59. The van der Waals surface area contributed by atoms with E-state index in [0.29, 0.717) is 38.6 Å². The Morgan fingerprint density at radius 2 is 1.73 bits per heavy atom. The number of hydrogen-bond acceptors (Lipinski definition) is 6. The minimum Gasteiger partial charge on any atom is -0.319 e. The van der Waals surface area contributed by atoms with Gasteiger partial charge >= 0.3 is 0 Å². The third-order valence-corrected chi connectivity index (χ3v) is 6.01. The Bertz CT molecular complexity index is 1370. The van der Waals surface area contributed by atoms with Crippen LogP contribution in [0.4, 0.5) is 0 Å². The van der Waals surface area contributed by atoms with E-state index >= 15 is 0 Å². The molecule has 0 aliphatic rings. The second kappa shape index (κ2) is 7.60. The molecule has 0 radical (unpaired) electrons. The van der Waals surface area contributed by atoms with Gasteiger partial charge in [-0.15, -0.1) is 0 Å². The van der Waals surface area contributed by atoms with Crippen LogP contribution < -0.4 is 5.73 Å². The number of hydrogen-bond donors (Lipinski definition) is 2. The van der Waals surface area contributed by atoms with Crippen molar-refractivity contribution >= 4 is 44.4 Å². The fourth-order valence-corrected chi connectivity index (χ4v) is 4.10. The van der Waals surface area contributed by atoms with Gasteiger partial charge in [-0.1, -0.05) is 41.9 Å². The van der Waals surface area contributed by atoms with Crippen molar-refractivity contribution in [1.82, 2.24) is 19.7 Å². The van der Waals surface area contributed by atoms with Crippen molar-refractivity contribution in [1.29, 1.82) is 0 Å². The molecule has 30 heavy (non-hydrogen) atoms. The molecule has 11 heteroatoms. The van der Waals surface area contributed by atoms with Crippen LogP contribution in [0.3, 0.4) is 0 Å². The summed E-state index contributed by atoms with van der Waals surface area (Å²) >= 11 is 12.5. The van der Waals surface area contributed by atoms with Crippen molar-refractivity contribution in [3.05, 3.63) is 70.1 Å². The zero-order chi connectivity index (χ0) is 21.6. The van der Waals surface area contributed by atoms with E-state index in [2.05, 4.69) is 15.1 Å². The van der Waals surface area contributed by atoms with Crippen LogP contribution in [-0.2, 0) is 17.2 Å². The fraction of sp³-hybridized carbons (Fsp3) is 0.105. The molecule has 1 atom stereocenters. The number of aromatic nitrogens is 4. The number of aryl methyl sites for hydroxylation is 1. The SMILES string of the molecule is Cn1nc(-c2ccccc2Cl)c2c(C(N)c3ccc(S(=O)(=O)O)cc3)nc(Cl)nc21. The topological polar surface area (TPSA) is 124 Å². The largest absolute Gasteiger partial charge is 0.319 e. The fourth-order valence-electron chi connectivity index (χ4n) is 3.22. The first-order chi connectivity index (χ1) is 14.2. The second-order valence-corrected chi connectivity index (χ2v) is 8.72. The number of nitrogens with zero attached hydrogens (tertiary/aromatic N) is 4. The zero-order valence-corrected chi connectivity index (χ0v) is 17.8. The van der Waals surface area contributed by atoms with Crippen LogP contribution in [0.2, 0.25) is 10.3 Å². The average molecular weight is 464 g/mol. The molecular weight excluding hydrogens is 449 g/mol. The molecule has 4 aromatic rings.